The minimum absolute atomic E-state index is 0.0675. The van der Waals surface area contributed by atoms with Gasteiger partial charge >= 0.3 is 0 Å². The van der Waals surface area contributed by atoms with Crippen molar-refractivity contribution in [2.75, 3.05) is 4.90 Å². The van der Waals surface area contributed by atoms with E-state index in [1.165, 1.54) is 55.7 Å². The first kappa shape index (κ1) is 21.5. The highest BCUT2D eigenvalue weighted by Gasteiger charge is 2.36. The van der Waals surface area contributed by atoms with E-state index in [-0.39, 0.29) is 5.41 Å². The van der Waals surface area contributed by atoms with Gasteiger partial charge < -0.3 is 9.47 Å². The summed E-state index contributed by atoms with van der Waals surface area (Å²) in [5.74, 6) is 0. The quantitative estimate of drug-likeness (QED) is 0.217. The Balaban J connectivity index is 1.53. The van der Waals surface area contributed by atoms with Crippen LogP contribution in [0.5, 0.6) is 0 Å². The van der Waals surface area contributed by atoms with E-state index in [1.54, 1.807) is 0 Å². The Morgan fingerprint density at radius 1 is 0.556 bits per heavy atom. The molecule has 0 saturated carbocycles. The number of fused-ring (bicyclic) bond motifs is 5. The lowest BCUT2D eigenvalue weighted by Gasteiger charge is -2.42. The van der Waals surface area contributed by atoms with E-state index in [9.17, 15) is 0 Å². The van der Waals surface area contributed by atoms with Crippen molar-refractivity contribution in [2.45, 2.75) is 19.3 Å². The number of anilines is 3. The van der Waals surface area contributed by atoms with Gasteiger partial charge in [-0.25, -0.2) is 0 Å². The van der Waals surface area contributed by atoms with Crippen molar-refractivity contribution in [1.29, 1.82) is 0 Å². The fourth-order valence-corrected chi connectivity index (χ4v) is 6.29. The first-order valence-corrected chi connectivity index (χ1v) is 13.1. The summed E-state index contributed by atoms with van der Waals surface area (Å²) in [7, 11) is 0. The summed E-state index contributed by atoms with van der Waals surface area (Å²) in [6, 6.07) is 41.7. The minimum Gasteiger partial charge on any atom is -0.310 e. The molecular formula is C33H25BrN2. The van der Waals surface area contributed by atoms with Crippen molar-refractivity contribution in [3.63, 3.8) is 0 Å². The van der Waals surface area contributed by atoms with Gasteiger partial charge in [-0.05, 0) is 71.8 Å². The van der Waals surface area contributed by atoms with Crippen LogP contribution in [0, 0.1) is 0 Å². The second kappa shape index (κ2) is 7.84. The molecule has 0 aliphatic carbocycles. The van der Waals surface area contributed by atoms with E-state index in [0.29, 0.717) is 0 Å². The zero-order valence-corrected chi connectivity index (χ0v) is 21.8. The molecule has 0 fully saturated rings. The summed E-state index contributed by atoms with van der Waals surface area (Å²) < 4.78 is 3.45. The van der Waals surface area contributed by atoms with Gasteiger partial charge in [0, 0.05) is 32.0 Å². The smallest absolute Gasteiger partial charge is 0.0542 e. The molecule has 1 aliphatic heterocycles. The molecule has 5 aromatic carbocycles. The van der Waals surface area contributed by atoms with E-state index in [0.717, 1.165) is 4.47 Å². The third-order valence-corrected chi connectivity index (χ3v) is 8.11. The highest BCUT2D eigenvalue weighted by atomic mass is 79.9. The highest BCUT2D eigenvalue weighted by molar-refractivity contribution is 9.10. The third kappa shape index (κ3) is 3.02. The predicted octanol–water partition coefficient (Wildman–Crippen LogP) is 9.66. The fourth-order valence-electron chi connectivity index (χ4n) is 5.93. The van der Waals surface area contributed by atoms with Gasteiger partial charge in [-0.15, -0.1) is 0 Å². The van der Waals surface area contributed by atoms with Gasteiger partial charge in [0.25, 0.3) is 0 Å². The van der Waals surface area contributed by atoms with Crippen LogP contribution < -0.4 is 4.90 Å². The minimum atomic E-state index is -0.0675. The molecule has 0 atom stereocenters. The molecular weight excluding hydrogens is 504 g/mol. The van der Waals surface area contributed by atoms with Gasteiger partial charge in [0.1, 0.15) is 0 Å². The molecule has 1 aliphatic rings. The first-order chi connectivity index (χ1) is 17.5. The number of benzene rings is 5. The Hall–Kier alpha value is -3.82. The summed E-state index contributed by atoms with van der Waals surface area (Å²) in [6.45, 7) is 4.66. The molecule has 3 heteroatoms. The zero-order chi connectivity index (χ0) is 24.4. The molecule has 174 valence electrons. The van der Waals surface area contributed by atoms with Crippen LogP contribution in [0.1, 0.15) is 25.0 Å². The number of nitrogens with zero attached hydrogens (tertiary/aromatic N) is 2. The molecule has 7 rings (SSSR count). The first-order valence-electron chi connectivity index (χ1n) is 12.3. The maximum Gasteiger partial charge on any atom is 0.0542 e. The van der Waals surface area contributed by atoms with Crippen LogP contribution in [0.25, 0.3) is 27.5 Å². The lowest BCUT2D eigenvalue weighted by Crippen LogP contribution is -2.30. The topological polar surface area (TPSA) is 8.17 Å². The molecule has 2 heterocycles. The maximum atomic E-state index is 3.71. The number of aromatic nitrogens is 1. The summed E-state index contributed by atoms with van der Waals surface area (Å²) in [4.78, 5) is 2.43. The van der Waals surface area contributed by atoms with Crippen LogP contribution >= 0.6 is 15.9 Å². The summed E-state index contributed by atoms with van der Waals surface area (Å²) in [6.07, 6.45) is 0. The van der Waals surface area contributed by atoms with E-state index in [4.69, 9.17) is 0 Å². The molecule has 0 unspecified atom stereocenters. The van der Waals surface area contributed by atoms with Crippen molar-refractivity contribution in [3.8, 4) is 5.69 Å². The number of para-hydroxylation sites is 3. The predicted molar refractivity (Wildman–Crippen MR) is 155 cm³/mol. The van der Waals surface area contributed by atoms with Crippen LogP contribution in [0.15, 0.2) is 120 Å². The average Bonchev–Trinajstić information content (AvgIpc) is 3.22. The maximum absolute atomic E-state index is 3.71. The molecule has 0 saturated heterocycles. The van der Waals surface area contributed by atoms with E-state index >= 15 is 0 Å². The SMILES string of the molecule is CC1(C)c2ccccc2N(c2ccc3c(c2)c2cc(Br)ccc2n3-c2ccccc2)c2ccccc21. The molecule has 6 aromatic rings. The monoisotopic (exact) mass is 528 g/mol. The molecule has 0 radical (unpaired) electrons. The van der Waals surface area contributed by atoms with E-state index in [2.05, 4.69) is 155 Å². The van der Waals surface area contributed by atoms with E-state index in [1.807, 2.05) is 0 Å². The molecule has 0 amide bonds. The molecule has 1 aromatic heterocycles. The van der Waals surface area contributed by atoms with Gasteiger partial charge in [-0.3, -0.25) is 0 Å². The summed E-state index contributed by atoms with van der Waals surface area (Å²) in [5, 5.41) is 2.48. The van der Waals surface area contributed by atoms with Crippen molar-refractivity contribution in [2.24, 2.45) is 0 Å². The van der Waals surface area contributed by atoms with Crippen molar-refractivity contribution in [3.05, 3.63) is 131 Å². The van der Waals surface area contributed by atoms with Gasteiger partial charge in [0.2, 0.25) is 0 Å². The average molecular weight is 529 g/mol. The summed E-state index contributed by atoms with van der Waals surface area (Å²) >= 11 is 3.71. The largest absolute Gasteiger partial charge is 0.310 e. The number of rotatable bonds is 2. The van der Waals surface area contributed by atoms with Crippen LogP contribution in [0.3, 0.4) is 0 Å². The van der Waals surface area contributed by atoms with E-state index < -0.39 is 0 Å². The Morgan fingerprint density at radius 3 is 1.78 bits per heavy atom. The Morgan fingerprint density at radius 2 is 1.11 bits per heavy atom. The molecule has 36 heavy (non-hydrogen) atoms. The Kier molecular flexibility index (Phi) is 4.67. The Bertz CT molecular complexity index is 1730. The number of hydrogen-bond acceptors (Lipinski definition) is 1. The lowest BCUT2D eigenvalue weighted by atomic mass is 9.73. The zero-order valence-electron chi connectivity index (χ0n) is 20.2. The van der Waals surface area contributed by atoms with Crippen LogP contribution in [0.2, 0.25) is 0 Å². The second-order valence-corrected chi connectivity index (χ2v) is 10.9. The number of halogens is 1. The number of hydrogen-bond donors (Lipinski definition) is 0. The van der Waals surface area contributed by atoms with Gasteiger partial charge in [-0.2, -0.15) is 0 Å². The Labute approximate surface area is 219 Å². The van der Waals surface area contributed by atoms with Crippen LogP contribution in [-0.4, -0.2) is 4.57 Å². The molecule has 0 N–H and O–H groups in total. The summed E-state index contributed by atoms with van der Waals surface area (Å²) in [5.41, 5.74) is 9.86. The van der Waals surface area contributed by atoms with Crippen LogP contribution in [0.4, 0.5) is 17.1 Å². The fraction of sp³-hybridized carbons (Fsp3) is 0.0909. The van der Waals surface area contributed by atoms with Gasteiger partial charge in [0.15, 0.2) is 0 Å². The van der Waals surface area contributed by atoms with Crippen molar-refractivity contribution in [1.82, 2.24) is 4.57 Å². The van der Waals surface area contributed by atoms with Gasteiger partial charge in [0.05, 0.1) is 22.4 Å². The molecule has 2 nitrogen and oxygen atoms in total. The molecule has 0 bridgehead atoms. The second-order valence-electron chi connectivity index (χ2n) is 10.0. The molecule has 0 spiro atoms. The van der Waals surface area contributed by atoms with Crippen molar-refractivity contribution >= 4 is 54.8 Å². The normalized spacial score (nSPS) is 14.1. The lowest BCUT2D eigenvalue weighted by molar-refractivity contribution is 0.632. The van der Waals surface area contributed by atoms with Crippen LogP contribution in [-0.2, 0) is 5.41 Å². The third-order valence-electron chi connectivity index (χ3n) is 7.62. The highest BCUT2D eigenvalue weighted by Crippen LogP contribution is 2.52. The van der Waals surface area contributed by atoms with Crippen molar-refractivity contribution < 1.29 is 0 Å². The van der Waals surface area contributed by atoms with Gasteiger partial charge in [-0.1, -0.05) is 84.4 Å². The standard InChI is InChI=1S/C33H25BrN2/c1-33(2)27-12-6-8-14-31(27)36(32-15-9-7-13-28(32)33)24-17-19-30-26(21-24)25-20-22(34)16-18-29(25)35(30)23-10-4-3-5-11-23/h3-21H,1-2H3.